The fraction of sp³-hybridized carbons (Fsp3) is 0.562. The van der Waals surface area contributed by atoms with E-state index in [4.69, 9.17) is 0 Å². The summed E-state index contributed by atoms with van der Waals surface area (Å²) in [5.41, 5.74) is 3.94. The number of benzene rings is 1. The lowest BCUT2D eigenvalue weighted by atomic mass is 9.98. The van der Waals surface area contributed by atoms with Crippen molar-refractivity contribution < 1.29 is 4.79 Å². The summed E-state index contributed by atoms with van der Waals surface area (Å²) in [5.74, 6) is 0.333. The average Bonchev–Trinajstić information content (AvgIpc) is 2.87. The van der Waals surface area contributed by atoms with Gasteiger partial charge in [0.15, 0.2) is 0 Å². The van der Waals surface area contributed by atoms with Crippen LogP contribution in [-0.2, 0) is 17.8 Å². The minimum Gasteiger partial charge on any atom is -0.374 e. The van der Waals surface area contributed by atoms with Crippen LogP contribution < -0.4 is 15.5 Å². The zero-order valence-corrected chi connectivity index (χ0v) is 12.1. The highest BCUT2D eigenvalue weighted by atomic mass is 16.1. The first-order chi connectivity index (χ1) is 9.74. The van der Waals surface area contributed by atoms with Crippen LogP contribution >= 0.6 is 0 Å². The Bertz CT molecular complexity index is 494. The Labute approximate surface area is 120 Å². The maximum absolute atomic E-state index is 12.1. The van der Waals surface area contributed by atoms with Gasteiger partial charge in [-0.1, -0.05) is 12.1 Å². The standard InChI is InChI=1S/C16H23N3O/c1-19-8-6-13-9-12(4-5-15(13)19)10-18-16(20)14-3-2-7-17-11-14/h4-5,9,14,17H,2-3,6-8,10-11H2,1H3,(H,18,20). The summed E-state index contributed by atoms with van der Waals surface area (Å²) in [4.78, 5) is 14.4. The number of nitrogens with one attached hydrogen (secondary N) is 2. The maximum atomic E-state index is 12.1. The van der Waals surface area contributed by atoms with Crippen LogP contribution in [0.4, 0.5) is 5.69 Å². The number of amides is 1. The molecule has 20 heavy (non-hydrogen) atoms. The van der Waals surface area contributed by atoms with E-state index in [0.717, 1.165) is 38.9 Å². The van der Waals surface area contributed by atoms with E-state index in [1.54, 1.807) is 0 Å². The third kappa shape index (κ3) is 2.80. The van der Waals surface area contributed by atoms with Gasteiger partial charge in [-0.25, -0.2) is 0 Å². The molecule has 2 aliphatic rings. The van der Waals surface area contributed by atoms with Gasteiger partial charge in [0.25, 0.3) is 0 Å². The molecule has 2 aliphatic heterocycles. The lowest BCUT2D eigenvalue weighted by molar-refractivity contribution is -0.125. The molecular weight excluding hydrogens is 250 g/mol. The van der Waals surface area contributed by atoms with Gasteiger partial charge in [0.2, 0.25) is 5.91 Å². The van der Waals surface area contributed by atoms with Gasteiger partial charge in [0, 0.05) is 32.4 Å². The lowest BCUT2D eigenvalue weighted by Crippen LogP contribution is -2.40. The number of anilines is 1. The summed E-state index contributed by atoms with van der Waals surface area (Å²) in [6.45, 7) is 3.61. The second-order valence-corrected chi connectivity index (χ2v) is 5.90. The number of rotatable bonds is 3. The molecule has 0 radical (unpaired) electrons. The Hall–Kier alpha value is -1.55. The van der Waals surface area contributed by atoms with Crippen molar-refractivity contribution >= 4 is 11.6 Å². The predicted octanol–water partition coefficient (Wildman–Crippen LogP) is 1.29. The van der Waals surface area contributed by atoms with E-state index in [2.05, 4.69) is 40.8 Å². The zero-order chi connectivity index (χ0) is 13.9. The molecule has 1 saturated heterocycles. The maximum Gasteiger partial charge on any atom is 0.224 e. The topological polar surface area (TPSA) is 44.4 Å². The number of piperidine rings is 1. The minimum absolute atomic E-state index is 0.143. The first kappa shape index (κ1) is 13.4. The molecule has 2 N–H and O–H groups in total. The number of hydrogen-bond acceptors (Lipinski definition) is 3. The Morgan fingerprint density at radius 2 is 2.40 bits per heavy atom. The van der Waals surface area contributed by atoms with Gasteiger partial charge in [-0.15, -0.1) is 0 Å². The van der Waals surface area contributed by atoms with Crippen LogP contribution in [0, 0.1) is 5.92 Å². The lowest BCUT2D eigenvalue weighted by Gasteiger charge is -2.22. The summed E-state index contributed by atoms with van der Waals surface area (Å²) in [6.07, 6.45) is 3.22. The summed E-state index contributed by atoms with van der Waals surface area (Å²) >= 11 is 0. The molecule has 1 fully saturated rings. The minimum atomic E-state index is 0.143. The highest BCUT2D eigenvalue weighted by molar-refractivity contribution is 5.79. The second kappa shape index (κ2) is 5.83. The third-order valence-corrected chi connectivity index (χ3v) is 4.41. The summed E-state index contributed by atoms with van der Waals surface area (Å²) in [7, 11) is 2.13. The van der Waals surface area contributed by atoms with Crippen LogP contribution in [0.25, 0.3) is 0 Å². The van der Waals surface area contributed by atoms with Crippen molar-refractivity contribution in [3.05, 3.63) is 29.3 Å². The molecule has 0 bridgehead atoms. The van der Waals surface area contributed by atoms with Crippen LogP contribution in [0.3, 0.4) is 0 Å². The van der Waals surface area contributed by atoms with Crippen molar-refractivity contribution in [2.45, 2.75) is 25.8 Å². The smallest absolute Gasteiger partial charge is 0.224 e. The first-order valence-corrected chi connectivity index (χ1v) is 7.55. The second-order valence-electron chi connectivity index (χ2n) is 5.90. The molecule has 1 aromatic carbocycles. The van der Waals surface area contributed by atoms with Crippen LogP contribution in [0.1, 0.15) is 24.0 Å². The Morgan fingerprint density at radius 1 is 1.50 bits per heavy atom. The van der Waals surface area contributed by atoms with Crippen LogP contribution in [0.15, 0.2) is 18.2 Å². The molecule has 1 atom stereocenters. The molecular formula is C16H23N3O. The van der Waals surface area contributed by atoms with Gasteiger partial charge in [0.05, 0.1) is 5.92 Å². The molecule has 0 aromatic heterocycles. The predicted molar refractivity (Wildman–Crippen MR) is 80.9 cm³/mol. The fourth-order valence-electron chi connectivity index (χ4n) is 3.14. The van der Waals surface area contributed by atoms with Gasteiger partial charge < -0.3 is 15.5 Å². The Morgan fingerprint density at radius 3 is 3.20 bits per heavy atom. The number of carbonyl (C=O) groups is 1. The normalized spacial score (nSPS) is 21.6. The van der Waals surface area contributed by atoms with Crippen molar-refractivity contribution in [1.82, 2.24) is 10.6 Å². The third-order valence-electron chi connectivity index (χ3n) is 4.41. The summed E-state index contributed by atoms with van der Waals surface area (Å²) < 4.78 is 0. The van der Waals surface area contributed by atoms with Gasteiger partial charge in [-0.3, -0.25) is 4.79 Å². The Balaban J connectivity index is 1.57. The number of carbonyl (C=O) groups excluding carboxylic acids is 1. The van der Waals surface area contributed by atoms with Crippen LogP contribution in [0.2, 0.25) is 0 Å². The van der Waals surface area contributed by atoms with Crippen molar-refractivity contribution in [3.63, 3.8) is 0 Å². The van der Waals surface area contributed by atoms with E-state index in [9.17, 15) is 4.79 Å². The quantitative estimate of drug-likeness (QED) is 0.872. The molecule has 108 valence electrons. The Kier molecular flexibility index (Phi) is 3.92. The number of hydrogen-bond donors (Lipinski definition) is 2. The monoisotopic (exact) mass is 273 g/mol. The summed E-state index contributed by atoms with van der Waals surface area (Å²) in [6, 6.07) is 6.53. The van der Waals surface area contributed by atoms with E-state index in [-0.39, 0.29) is 11.8 Å². The SMILES string of the molecule is CN1CCc2cc(CNC(=O)C3CCCNC3)ccc21. The van der Waals surface area contributed by atoms with Gasteiger partial charge in [-0.2, -0.15) is 0 Å². The first-order valence-electron chi connectivity index (χ1n) is 7.55. The van der Waals surface area contributed by atoms with E-state index in [1.165, 1.54) is 16.8 Å². The molecule has 1 unspecified atom stereocenters. The molecule has 2 heterocycles. The van der Waals surface area contributed by atoms with Gasteiger partial charge >= 0.3 is 0 Å². The highest BCUT2D eigenvalue weighted by Crippen LogP contribution is 2.27. The van der Waals surface area contributed by atoms with Crippen molar-refractivity contribution in [3.8, 4) is 0 Å². The van der Waals surface area contributed by atoms with Crippen molar-refractivity contribution in [2.24, 2.45) is 5.92 Å². The number of fused-ring (bicyclic) bond motifs is 1. The number of nitrogens with zero attached hydrogens (tertiary/aromatic N) is 1. The van der Waals surface area contributed by atoms with Crippen molar-refractivity contribution in [1.29, 1.82) is 0 Å². The molecule has 1 amide bonds. The molecule has 1 aromatic rings. The van der Waals surface area contributed by atoms with E-state index < -0.39 is 0 Å². The van der Waals surface area contributed by atoms with E-state index in [0.29, 0.717) is 6.54 Å². The average molecular weight is 273 g/mol. The van der Waals surface area contributed by atoms with Gasteiger partial charge in [-0.05, 0) is 43.0 Å². The van der Waals surface area contributed by atoms with E-state index >= 15 is 0 Å². The molecule has 4 nitrogen and oxygen atoms in total. The van der Waals surface area contributed by atoms with Crippen molar-refractivity contribution in [2.75, 3.05) is 31.6 Å². The number of likely N-dealkylation sites (N-methyl/N-ethyl adjacent to an activating group) is 1. The molecule has 4 heteroatoms. The molecule has 3 rings (SSSR count). The fourth-order valence-corrected chi connectivity index (χ4v) is 3.14. The van der Waals surface area contributed by atoms with Gasteiger partial charge in [0.1, 0.15) is 0 Å². The molecule has 0 aliphatic carbocycles. The zero-order valence-electron chi connectivity index (χ0n) is 12.1. The van der Waals surface area contributed by atoms with E-state index in [1.807, 2.05) is 0 Å². The van der Waals surface area contributed by atoms with Crippen LogP contribution in [0.5, 0.6) is 0 Å². The molecule has 0 spiro atoms. The highest BCUT2D eigenvalue weighted by Gasteiger charge is 2.21. The van der Waals surface area contributed by atoms with Crippen LogP contribution in [-0.4, -0.2) is 32.6 Å². The largest absolute Gasteiger partial charge is 0.374 e. The summed E-state index contributed by atoms with van der Waals surface area (Å²) in [5, 5.41) is 6.36. The molecule has 0 saturated carbocycles.